The topological polar surface area (TPSA) is 41.5 Å². The van der Waals surface area contributed by atoms with E-state index in [0.29, 0.717) is 24.2 Å². The van der Waals surface area contributed by atoms with Crippen molar-refractivity contribution in [3.05, 3.63) is 29.3 Å². The zero-order chi connectivity index (χ0) is 13.5. The van der Waals surface area contributed by atoms with Gasteiger partial charge in [-0.05, 0) is 37.1 Å². The molecule has 3 nitrogen and oxygen atoms in total. The van der Waals surface area contributed by atoms with Crippen LogP contribution >= 0.6 is 11.6 Å². The van der Waals surface area contributed by atoms with Crippen molar-refractivity contribution in [1.82, 2.24) is 5.32 Å². The first-order valence-electron chi connectivity index (χ1n) is 7.04. The van der Waals surface area contributed by atoms with E-state index in [4.69, 9.17) is 16.3 Å². The average molecular weight is 284 g/mol. The first-order chi connectivity index (χ1) is 9.24. The zero-order valence-corrected chi connectivity index (χ0v) is 11.9. The van der Waals surface area contributed by atoms with Crippen molar-refractivity contribution in [3.63, 3.8) is 0 Å². The number of halogens is 1. The maximum absolute atomic E-state index is 9.88. The molecule has 2 N–H and O–H groups in total. The number of benzene rings is 1. The lowest BCUT2D eigenvalue weighted by atomic mass is 9.95. The minimum absolute atomic E-state index is 0.307. The molecular formula is C15H22ClNO2. The zero-order valence-electron chi connectivity index (χ0n) is 11.1. The third-order valence-corrected chi connectivity index (χ3v) is 3.76. The molecule has 1 fully saturated rings. The largest absolute Gasteiger partial charge is 0.491 e. The van der Waals surface area contributed by atoms with E-state index in [-0.39, 0.29) is 0 Å². The molecule has 1 aliphatic rings. The van der Waals surface area contributed by atoms with Crippen LogP contribution in [0.25, 0.3) is 0 Å². The summed E-state index contributed by atoms with van der Waals surface area (Å²) < 4.78 is 5.51. The molecule has 4 heteroatoms. The van der Waals surface area contributed by atoms with Crippen molar-refractivity contribution >= 4 is 11.6 Å². The lowest BCUT2D eigenvalue weighted by Crippen LogP contribution is -2.38. The van der Waals surface area contributed by atoms with Crippen molar-refractivity contribution in [2.24, 2.45) is 0 Å². The Labute approximate surface area is 119 Å². The van der Waals surface area contributed by atoms with Crippen LogP contribution in [-0.2, 0) is 0 Å². The first-order valence-corrected chi connectivity index (χ1v) is 7.41. The molecule has 1 saturated carbocycles. The van der Waals surface area contributed by atoms with Gasteiger partial charge in [0, 0.05) is 17.6 Å². The van der Waals surface area contributed by atoms with Crippen LogP contribution in [0.2, 0.25) is 5.02 Å². The smallest absolute Gasteiger partial charge is 0.119 e. The molecule has 19 heavy (non-hydrogen) atoms. The Kier molecular flexibility index (Phi) is 5.95. The Hall–Kier alpha value is -0.770. The minimum atomic E-state index is -0.474. The van der Waals surface area contributed by atoms with Gasteiger partial charge in [0.25, 0.3) is 0 Å². The second-order valence-corrected chi connectivity index (χ2v) is 5.60. The Balaban J connectivity index is 1.63. The van der Waals surface area contributed by atoms with Crippen molar-refractivity contribution < 1.29 is 9.84 Å². The SMILES string of the molecule is OC(CNC1CCCCC1)COc1ccc(Cl)cc1. The highest BCUT2D eigenvalue weighted by atomic mass is 35.5. The van der Waals surface area contributed by atoms with E-state index in [1.165, 1.54) is 32.1 Å². The number of nitrogens with one attached hydrogen (secondary N) is 1. The Morgan fingerprint density at radius 3 is 2.58 bits per heavy atom. The third kappa shape index (κ3) is 5.39. The Morgan fingerprint density at radius 2 is 1.89 bits per heavy atom. The van der Waals surface area contributed by atoms with Crippen molar-refractivity contribution in [1.29, 1.82) is 0 Å². The van der Waals surface area contributed by atoms with Gasteiger partial charge in [-0.15, -0.1) is 0 Å². The van der Waals surface area contributed by atoms with Crippen LogP contribution in [0.3, 0.4) is 0 Å². The monoisotopic (exact) mass is 283 g/mol. The number of aliphatic hydroxyl groups excluding tert-OH is 1. The van der Waals surface area contributed by atoms with Crippen LogP contribution in [0.1, 0.15) is 32.1 Å². The summed E-state index contributed by atoms with van der Waals surface area (Å²) in [5, 5.41) is 14.0. The van der Waals surface area contributed by atoms with Gasteiger partial charge in [-0.2, -0.15) is 0 Å². The van der Waals surface area contributed by atoms with Gasteiger partial charge in [-0.1, -0.05) is 30.9 Å². The maximum Gasteiger partial charge on any atom is 0.119 e. The molecule has 0 radical (unpaired) electrons. The van der Waals surface area contributed by atoms with Gasteiger partial charge in [-0.25, -0.2) is 0 Å². The average Bonchev–Trinajstić information content (AvgIpc) is 2.45. The van der Waals surface area contributed by atoms with Crippen molar-refractivity contribution in [3.8, 4) is 5.75 Å². The number of hydrogen-bond donors (Lipinski definition) is 2. The summed E-state index contributed by atoms with van der Waals surface area (Å²) >= 11 is 5.80. The fourth-order valence-corrected chi connectivity index (χ4v) is 2.52. The standard InChI is InChI=1S/C15H22ClNO2/c16-12-6-8-15(9-7-12)19-11-14(18)10-17-13-4-2-1-3-5-13/h6-9,13-14,17-18H,1-5,10-11H2. The summed E-state index contributed by atoms with van der Waals surface area (Å²) in [5.74, 6) is 0.737. The molecule has 1 aromatic rings. The van der Waals surface area contributed by atoms with Gasteiger partial charge in [0.1, 0.15) is 18.5 Å². The molecule has 0 bridgehead atoms. The third-order valence-electron chi connectivity index (χ3n) is 3.50. The van der Waals surface area contributed by atoms with Crippen LogP contribution in [-0.4, -0.2) is 30.4 Å². The summed E-state index contributed by atoms with van der Waals surface area (Å²) in [6, 6.07) is 7.75. The normalized spacial score (nSPS) is 18.2. The molecule has 0 spiro atoms. The van der Waals surface area contributed by atoms with E-state index in [2.05, 4.69) is 5.32 Å². The van der Waals surface area contributed by atoms with E-state index in [1.807, 2.05) is 12.1 Å². The summed E-state index contributed by atoms with van der Waals surface area (Å²) in [7, 11) is 0. The molecule has 0 saturated heterocycles. The predicted octanol–water partition coefficient (Wildman–Crippen LogP) is 3.00. The highest BCUT2D eigenvalue weighted by Gasteiger charge is 2.14. The molecule has 0 aromatic heterocycles. The minimum Gasteiger partial charge on any atom is -0.491 e. The van der Waals surface area contributed by atoms with E-state index < -0.39 is 6.10 Å². The van der Waals surface area contributed by atoms with Crippen LogP contribution < -0.4 is 10.1 Å². The summed E-state index contributed by atoms with van der Waals surface area (Å²) in [4.78, 5) is 0. The van der Waals surface area contributed by atoms with Gasteiger partial charge in [0.2, 0.25) is 0 Å². The molecule has 1 atom stereocenters. The lowest BCUT2D eigenvalue weighted by molar-refractivity contribution is 0.102. The molecule has 0 heterocycles. The highest BCUT2D eigenvalue weighted by Crippen LogP contribution is 2.17. The molecule has 1 aromatic carbocycles. The molecule has 0 aliphatic heterocycles. The number of ether oxygens (including phenoxy) is 1. The van der Waals surface area contributed by atoms with Crippen LogP contribution in [0, 0.1) is 0 Å². The molecule has 1 aliphatic carbocycles. The molecule has 0 amide bonds. The fourth-order valence-electron chi connectivity index (χ4n) is 2.39. The predicted molar refractivity (Wildman–Crippen MR) is 77.8 cm³/mol. The number of hydrogen-bond acceptors (Lipinski definition) is 3. The Morgan fingerprint density at radius 1 is 1.21 bits per heavy atom. The fraction of sp³-hybridized carbons (Fsp3) is 0.600. The lowest BCUT2D eigenvalue weighted by Gasteiger charge is -2.24. The van der Waals surface area contributed by atoms with E-state index >= 15 is 0 Å². The van der Waals surface area contributed by atoms with E-state index in [9.17, 15) is 5.11 Å². The van der Waals surface area contributed by atoms with Gasteiger partial charge in [-0.3, -0.25) is 0 Å². The summed E-state index contributed by atoms with van der Waals surface area (Å²) in [5.41, 5.74) is 0. The molecule has 1 unspecified atom stereocenters. The van der Waals surface area contributed by atoms with E-state index in [0.717, 1.165) is 5.75 Å². The Bertz CT molecular complexity index is 363. The second kappa shape index (κ2) is 7.73. The maximum atomic E-state index is 9.88. The van der Waals surface area contributed by atoms with Gasteiger partial charge < -0.3 is 15.2 Å². The first kappa shape index (κ1) is 14.6. The summed E-state index contributed by atoms with van der Waals surface area (Å²) in [6.45, 7) is 0.902. The van der Waals surface area contributed by atoms with Gasteiger partial charge in [0.15, 0.2) is 0 Å². The van der Waals surface area contributed by atoms with Gasteiger partial charge in [0.05, 0.1) is 0 Å². The van der Waals surface area contributed by atoms with Crippen LogP contribution in [0.15, 0.2) is 24.3 Å². The van der Waals surface area contributed by atoms with Crippen LogP contribution in [0.4, 0.5) is 0 Å². The summed E-state index contributed by atoms with van der Waals surface area (Å²) in [6.07, 6.45) is 5.93. The van der Waals surface area contributed by atoms with Crippen molar-refractivity contribution in [2.75, 3.05) is 13.2 Å². The van der Waals surface area contributed by atoms with E-state index in [1.54, 1.807) is 12.1 Å². The van der Waals surface area contributed by atoms with Crippen LogP contribution in [0.5, 0.6) is 5.75 Å². The highest BCUT2D eigenvalue weighted by molar-refractivity contribution is 6.30. The number of aliphatic hydroxyl groups is 1. The number of rotatable bonds is 6. The molecule has 106 valence electrons. The molecular weight excluding hydrogens is 262 g/mol. The second-order valence-electron chi connectivity index (χ2n) is 5.16. The van der Waals surface area contributed by atoms with Crippen molar-refractivity contribution in [2.45, 2.75) is 44.2 Å². The van der Waals surface area contributed by atoms with Gasteiger partial charge >= 0.3 is 0 Å². The quantitative estimate of drug-likeness (QED) is 0.843. The molecule has 2 rings (SSSR count).